The van der Waals surface area contributed by atoms with E-state index in [0.29, 0.717) is 18.9 Å². The van der Waals surface area contributed by atoms with Gasteiger partial charge in [0, 0.05) is 17.6 Å². The van der Waals surface area contributed by atoms with Gasteiger partial charge in [-0.3, -0.25) is 4.79 Å². The summed E-state index contributed by atoms with van der Waals surface area (Å²) in [6.45, 7) is 2.79. The lowest BCUT2D eigenvalue weighted by Crippen LogP contribution is -2.30. The van der Waals surface area contributed by atoms with Gasteiger partial charge in [-0.05, 0) is 24.0 Å². The fourth-order valence-corrected chi connectivity index (χ4v) is 1.91. The molecule has 4 heteroatoms. The SMILES string of the molecule is CC(CCO)CNC(=O)Cc1ccccc1Br. The number of amides is 1. The van der Waals surface area contributed by atoms with Crippen LogP contribution < -0.4 is 5.32 Å². The van der Waals surface area contributed by atoms with E-state index >= 15 is 0 Å². The van der Waals surface area contributed by atoms with E-state index in [1.54, 1.807) is 0 Å². The number of hydrogen-bond donors (Lipinski definition) is 2. The molecule has 0 radical (unpaired) electrons. The van der Waals surface area contributed by atoms with Gasteiger partial charge in [0.05, 0.1) is 6.42 Å². The van der Waals surface area contributed by atoms with Crippen molar-refractivity contribution in [3.05, 3.63) is 34.3 Å². The van der Waals surface area contributed by atoms with Gasteiger partial charge in [-0.25, -0.2) is 0 Å². The van der Waals surface area contributed by atoms with E-state index in [4.69, 9.17) is 5.11 Å². The lowest BCUT2D eigenvalue weighted by molar-refractivity contribution is -0.120. The van der Waals surface area contributed by atoms with Crippen LogP contribution >= 0.6 is 15.9 Å². The number of aliphatic hydroxyl groups is 1. The molecule has 0 saturated carbocycles. The second-order valence-electron chi connectivity index (χ2n) is 4.19. The highest BCUT2D eigenvalue weighted by atomic mass is 79.9. The zero-order valence-electron chi connectivity index (χ0n) is 9.95. The Balaban J connectivity index is 2.37. The van der Waals surface area contributed by atoms with Gasteiger partial charge < -0.3 is 10.4 Å². The summed E-state index contributed by atoms with van der Waals surface area (Å²) in [7, 11) is 0. The van der Waals surface area contributed by atoms with Crippen molar-refractivity contribution in [1.29, 1.82) is 0 Å². The number of hydrogen-bond acceptors (Lipinski definition) is 2. The van der Waals surface area contributed by atoms with Gasteiger partial charge in [-0.2, -0.15) is 0 Å². The third-order valence-corrected chi connectivity index (χ3v) is 3.35. The number of carbonyl (C=O) groups excluding carboxylic acids is 1. The van der Waals surface area contributed by atoms with Crippen molar-refractivity contribution in [2.75, 3.05) is 13.2 Å². The minimum absolute atomic E-state index is 0.0155. The van der Waals surface area contributed by atoms with E-state index in [1.807, 2.05) is 31.2 Å². The van der Waals surface area contributed by atoms with Gasteiger partial charge in [0.25, 0.3) is 0 Å². The molecule has 17 heavy (non-hydrogen) atoms. The van der Waals surface area contributed by atoms with Gasteiger partial charge in [-0.1, -0.05) is 41.1 Å². The summed E-state index contributed by atoms with van der Waals surface area (Å²) in [5.74, 6) is 0.324. The third-order valence-electron chi connectivity index (χ3n) is 2.58. The average Bonchev–Trinajstić information content (AvgIpc) is 2.30. The second kappa shape index (κ2) is 7.45. The molecule has 0 fully saturated rings. The van der Waals surface area contributed by atoms with E-state index in [2.05, 4.69) is 21.2 Å². The molecule has 1 rings (SSSR count). The Hall–Kier alpha value is -0.870. The number of rotatable bonds is 6. The molecular weight excluding hydrogens is 282 g/mol. The fraction of sp³-hybridized carbons (Fsp3) is 0.462. The molecule has 1 amide bonds. The van der Waals surface area contributed by atoms with Crippen molar-refractivity contribution in [2.45, 2.75) is 19.8 Å². The summed E-state index contributed by atoms with van der Waals surface area (Å²) in [6.07, 6.45) is 1.10. The number of aliphatic hydroxyl groups excluding tert-OH is 1. The first-order valence-corrected chi connectivity index (χ1v) is 6.53. The van der Waals surface area contributed by atoms with E-state index < -0.39 is 0 Å². The highest BCUT2D eigenvalue weighted by molar-refractivity contribution is 9.10. The Morgan fingerprint density at radius 1 is 1.47 bits per heavy atom. The van der Waals surface area contributed by atoms with E-state index in [1.165, 1.54) is 0 Å². The minimum atomic E-state index is 0.0155. The summed E-state index contributed by atoms with van der Waals surface area (Å²) in [5.41, 5.74) is 0.986. The third kappa shape index (κ3) is 5.33. The van der Waals surface area contributed by atoms with Crippen molar-refractivity contribution in [2.24, 2.45) is 5.92 Å². The van der Waals surface area contributed by atoms with Crippen molar-refractivity contribution < 1.29 is 9.90 Å². The first-order chi connectivity index (χ1) is 8.13. The maximum absolute atomic E-state index is 11.7. The van der Waals surface area contributed by atoms with E-state index in [9.17, 15) is 4.79 Å². The predicted molar refractivity (Wildman–Crippen MR) is 71.7 cm³/mol. The van der Waals surface area contributed by atoms with E-state index in [0.717, 1.165) is 16.5 Å². The van der Waals surface area contributed by atoms with Gasteiger partial charge in [0.15, 0.2) is 0 Å². The molecule has 0 aliphatic rings. The zero-order valence-corrected chi connectivity index (χ0v) is 11.5. The van der Waals surface area contributed by atoms with Crippen LogP contribution in [0.5, 0.6) is 0 Å². The van der Waals surface area contributed by atoms with Crippen LogP contribution in [0.25, 0.3) is 0 Å². The van der Waals surface area contributed by atoms with Crippen molar-refractivity contribution >= 4 is 21.8 Å². The topological polar surface area (TPSA) is 49.3 Å². The Bertz CT molecular complexity index is 368. The van der Waals surface area contributed by atoms with Crippen LogP contribution in [0.4, 0.5) is 0 Å². The first-order valence-electron chi connectivity index (χ1n) is 5.74. The molecule has 2 N–H and O–H groups in total. The molecule has 1 atom stereocenters. The summed E-state index contributed by atoms with van der Waals surface area (Å²) in [4.78, 5) is 11.7. The van der Waals surface area contributed by atoms with Crippen LogP contribution in [0.2, 0.25) is 0 Å². The van der Waals surface area contributed by atoms with Crippen LogP contribution in [0.15, 0.2) is 28.7 Å². The monoisotopic (exact) mass is 299 g/mol. The second-order valence-corrected chi connectivity index (χ2v) is 5.04. The molecule has 94 valence electrons. The van der Waals surface area contributed by atoms with Crippen LogP contribution in [-0.4, -0.2) is 24.2 Å². The highest BCUT2D eigenvalue weighted by Gasteiger charge is 2.07. The molecule has 1 unspecified atom stereocenters. The van der Waals surface area contributed by atoms with Crippen LogP contribution in [0.3, 0.4) is 0 Å². The number of nitrogens with one attached hydrogen (secondary N) is 1. The van der Waals surface area contributed by atoms with Gasteiger partial charge in [0.2, 0.25) is 5.91 Å². The van der Waals surface area contributed by atoms with Gasteiger partial charge in [0.1, 0.15) is 0 Å². The summed E-state index contributed by atoms with van der Waals surface area (Å²) in [6, 6.07) is 7.70. The van der Waals surface area contributed by atoms with Gasteiger partial charge >= 0.3 is 0 Å². The zero-order chi connectivity index (χ0) is 12.7. The van der Waals surface area contributed by atoms with Crippen molar-refractivity contribution in [1.82, 2.24) is 5.32 Å². The molecule has 0 aliphatic heterocycles. The lowest BCUT2D eigenvalue weighted by atomic mass is 10.1. The molecule has 0 aromatic heterocycles. The number of carbonyl (C=O) groups is 1. The molecular formula is C13H18BrNO2. The number of benzene rings is 1. The summed E-state index contributed by atoms with van der Waals surface area (Å²) >= 11 is 3.42. The number of halogens is 1. The molecule has 1 aromatic carbocycles. The maximum atomic E-state index is 11.7. The maximum Gasteiger partial charge on any atom is 0.224 e. The fourth-order valence-electron chi connectivity index (χ4n) is 1.49. The normalized spacial score (nSPS) is 12.2. The average molecular weight is 300 g/mol. The van der Waals surface area contributed by atoms with Crippen molar-refractivity contribution in [3.8, 4) is 0 Å². The van der Waals surface area contributed by atoms with E-state index in [-0.39, 0.29) is 12.5 Å². The summed E-state index contributed by atoms with van der Waals surface area (Å²) < 4.78 is 0.957. The molecule has 0 saturated heterocycles. The standard InChI is InChI=1S/C13H18BrNO2/c1-10(6-7-16)9-15-13(17)8-11-4-2-3-5-12(11)14/h2-5,10,16H,6-9H2,1H3,(H,15,17). The molecule has 0 aliphatic carbocycles. The Labute approximate surface area is 110 Å². The first kappa shape index (κ1) is 14.2. The van der Waals surface area contributed by atoms with Crippen molar-refractivity contribution in [3.63, 3.8) is 0 Å². The Morgan fingerprint density at radius 3 is 2.82 bits per heavy atom. The van der Waals surface area contributed by atoms with Gasteiger partial charge in [-0.15, -0.1) is 0 Å². The Kier molecular flexibility index (Phi) is 6.22. The molecule has 0 bridgehead atoms. The summed E-state index contributed by atoms with van der Waals surface area (Å²) in [5, 5.41) is 11.6. The molecule has 3 nitrogen and oxygen atoms in total. The molecule has 0 heterocycles. The minimum Gasteiger partial charge on any atom is -0.396 e. The predicted octanol–water partition coefficient (Wildman–Crippen LogP) is 2.13. The lowest BCUT2D eigenvalue weighted by Gasteiger charge is -2.11. The van der Waals surface area contributed by atoms with Crippen LogP contribution in [0, 0.1) is 5.92 Å². The Morgan fingerprint density at radius 2 is 2.18 bits per heavy atom. The smallest absolute Gasteiger partial charge is 0.224 e. The quantitative estimate of drug-likeness (QED) is 0.845. The molecule has 0 spiro atoms. The largest absolute Gasteiger partial charge is 0.396 e. The highest BCUT2D eigenvalue weighted by Crippen LogP contribution is 2.16. The molecule has 1 aromatic rings. The van der Waals surface area contributed by atoms with Crippen LogP contribution in [-0.2, 0) is 11.2 Å². The van der Waals surface area contributed by atoms with Crippen LogP contribution in [0.1, 0.15) is 18.9 Å².